The fourth-order valence-corrected chi connectivity index (χ4v) is 2.80. The predicted molar refractivity (Wildman–Crippen MR) is 83.8 cm³/mol. The molecule has 0 bridgehead atoms. The Balaban J connectivity index is 1.87. The number of hydrogen-bond donors (Lipinski definition) is 1. The van der Waals surface area contributed by atoms with Crippen LogP contribution in [0.3, 0.4) is 0 Å². The standard InChI is InChI=1S/C18H22F3NO/c1-2-17(14-23)9-12-22(13-10-17)11-3-4-15-5-7-16(8-6-15)18(19,20)21/h5-8,23H,2,9-14H2,1H3. The number of aliphatic hydroxyl groups is 1. The smallest absolute Gasteiger partial charge is 0.396 e. The van der Waals surface area contributed by atoms with Gasteiger partial charge in [-0.15, -0.1) is 0 Å². The number of nitrogens with zero attached hydrogens (tertiary/aromatic N) is 1. The molecule has 1 aromatic rings. The van der Waals surface area contributed by atoms with Gasteiger partial charge in [0.05, 0.1) is 12.1 Å². The third-order valence-corrected chi connectivity index (χ3v) is 4.75. The maximum absolute atomic E-state index is 12.5. The van der Waals surface area contributed by atoms with Crippen molar-refractivity contribution in [3.05, 3.63) is 35.4 Å². The zero-order chi connectivity index (χ0) is 16.9. The van der Waals surface area contributed by atoms with E-state index < -0.39 is 11.7 Å². The summed E-state index contributed by atoms with van der Waals surface area (Å²) < 4.78 is 37.4. The summed E-state index contributed by atoms with van der Waals surface area (Å²) in [6, 6.07) is 4.92. The minimum Gasteiger partial charge on any atom is -0.396 e. The zero-order valence-electron chi connectivity index (χ0n) is 13.3. The molecule has 1 heterocycles. The Morgan fingerprint density at radius 2 is 1.78 bits per heavy atom. The van der Waals surface area contributed by atoms with Crippen LogP contribution >= 0.6 is 0 Å². The van der Waals surface area contributed by atoms with Crippen LogP contribution in [0.4, 0.5) is 13.2 Å². The first-order valence-corrected chi connectivity index (χ1v) is 7.88. The van der Waals surface area contributed by atoms with E-state index in [2.05, 4.69) is 23.7 Å². The maximum atomic E-state index is 12.5. The van der Waals surface area contributed by atoms with Crippen LogP contribution in [0.25, 0.3) is 0 Å². The van der Waals surface area contributed by atoms with Gasteiger partial charge in [0.1, 0.15) is 0 Å². The van der Waals surface area contributed by atoms with E-state index in [0.717, 1.165) is 44.5 Å². The van der Waals surface area contributed by atoms with E-state index in [1.165, 1.54) is 12.1 Å². The molecule has 0 atom stereocenters. The van der Waals surface area contributed by atoms with Gasteiger partial charge in [0, 0.05) is 12.2 Å². The lowest BCUT2D eigenvalue weighted by molar-refractivity contribution is -0.137. The summed E-state index contributed by atoms with van der Waals surface area (Å²) >= 11 is 0. The van der Waals surface area contributed by atoms with Gasteiger partial charge in [0.25, 0.3) is 0 Å². The van der Waals surface area contributed by atoms with E-state index in [1.807, 2.05) is 0 Å². The van der Waals surface area contributed by atoms with E-state index in [4.69, 9.17) is 0 Å². The van der Waals surface area contributed by atoms with Crippen LogP contribution in [-0.4, -0.2) is 36.2 Å². The van der Waals surface area contributed by atoms with Crippen molar-refractivity contribution in [3.63, 3.8) is 0 Å². The fourth-order valence-electron chi connectivity index (χ4n) is 2.80. The number of alkyl halides is 3. The van der Waals surface area contributed by atoms with Crippen molar-refractivity contribution in [1.82, 2.24) is 4.90 Å². The summed E-state index contributed by atoms with van der Waals surface area (Å²) in [5, 5.41) is 9.51. The summed E-state index contributed by atoms with van der Waals surface area (Å²) in [4.78, 5) is 2.22. The van der Waals surface area contributed by atoms with Crippen molar-refractivity contribution in [3.8, 4) is 11.8 Å². The van der Waals surface area contributed by atoms with Gasteiger partial charge < -0.3 is 5.11 Å². The van der Waals surface area contributed by atoms with Gasteiger partial charge in [-0.05, 0) is 62.0 Å². The molecule has 0 aromatic heterocycles. The number of halogens is 3. The molecule has 23 heavy (non-hydrogen) atoms. The molecular weight excluding hydrogens is 303 g/mol. The van der Waals surface area contributed by atoms with E-state index >= 15 is 0 Å². The van der Waals surface area contributed by atoms with Crippen molar-refractivity contribution < 1.29 is 18.3 Å². The molecule has 2 nitrogen and oxygen atoms in total. The molecule has 0 saturated carbocycles. The Morgan fingerprint density at radius 1 is 1.17 bits per heavy atom. The molecule has 0 spiro atoms. The maximum Gasteiger partial charge on any atom is 0.416 e. The van der Waals surface area contributed by atoms with Crippen molar-refractivity contribution >= 4 is 0 Å². The highest BCUT2D eigenvalue weighted by atomic mass is 19.4. The SMILES string of the molecule is CCC1(CO)CCN(CC#Cc2ccc(C(F)(F)F)cc2)CC1. The molecular formula is C18H22F3NO. The highest BCUT2D eigenvalue weighted by Crippen LogP contribution is 2.34. The van der Waals surface area contributed by atoms with E-state index in [9.17, 15) is 18.3 Å². The van der Waals surface area contributed by atoms with Gasteiger partial charge in [0.15, 0.2) is 0 Å². The lowest BCUT2D eigenvalue weighted by Crippen LogP contribution is -2.41. The molecule has 1 N–H and O–H groups in total. The Kier molecular flexibility index (Phi) is 5.72. The zero-order valence-corrected chi connectivity index (χ0v) is 13.3. The second-order valence-electron chi connectivity index (χ2n) is 6.16. The molecule has 1 aromatic carbocycles. The average Bonchev–Trinajstić information content (AvgIpc) is 2.55. The van der Waals surface area contributed by atoms with E-state index in [1.54, 1.807) is 0 Å². The first kappa shape index (κ1) is 17.8. The number of benzene rings is 1. The van der Waals surface area contributed by atoms with Crippen molar-refractivity contribution in [2.75, 3.05) is 26.2 Å². The normalized spacial score (nSPS) is 18.3. The lowest BCUT2D eigenvalue weighted by Gasteiger charge is -2.39. The summed E-state index contributed by atoms with van der Waals surface area (Å²) in [5.74, 6) is 5.94. The van der Waals surface area contributed by atoms with Crippen molar-refractivity contribution in [1.29, 1.82) is 0 Å². The molecule has 1 saturated heterocycles. The molecule has 0 unspecified atom stereocenters. The lowest BCUT2D eigenvalue weighted by atomic mass is 9.77. The summed E-state index contributed by atoms with van der Waals surface area (Å²) in [6.07, 6.45) is -1.41. The highest BCUT2D eigenvalue weighted by Gasteiger charge is 2.32. The Bertz CT molecular complexity index is 555. The summed E-state index contributed by atoms with van der Waals surface area (Å²) in [5.41, 5.74) is -0.00979. The number of aliphatic hydroxyl groups excluding tert-OH is 1. The topological polar surface area (TPSA) is 23.5 Å². The molecule has 2 rings (SSSR count). The van der Waals surface area contributed by atoms with Crippen LogP contribution in [0.15, 0.2) is 24.3 Å². The molecule has 126 valence electrons. The van der Waals surface area contributed by atoms with Gasteiger partial charge in [-0.3, -0.25) is 4.90 Å². The van der Waals surface area contributed by atoms with Crippen molar-refractivity contribution in [2.45, 2.75) is 32.4 Å². The van der Waals surface area contributed by atoms with Gasteiger partial charge in [0.2, 0.25) is 0 Å². The minimum absolute atomic E-state index is 0.0529. The number of piperidine rings is 1. The van der Waals surface area contributed by atoms with E-state index in [0.29, 0.717) is 12.1 Å². The van der Waals surface area contributed by atoms with Crippen molar-refractivity contribution in [2.24, 2.45) is 5.41 Å². The Labute approximate surface area is 135 Å². The molecule has 1 fully saturated rings. The number of rotatable bonds is 3. The molecule has 0 aliphatic carbocycles. The molecule has 0 amide bonds. The molecule has 1 aliphatic heterocycles. The van der Waals surface area contributed by atoms with E-state index in [-0.39, 0.29) is 12.0 Å². The third-order valence-electron chi connectivity index (χ3n) is 4.75. The Morgan fingerprint density at radius 3 is 2.26 bits per heavy atom. The summed E-state index contributed by atoms with van der Waals surface area (Å²) in [7, 11) is 0. The largest absolute Gasteiger partial charge is 0.416 e. The average molecular weight is 325 g/mol. The summed E-state index contributed by atoms with van der Waals surface area (Å²) in [6.45, 7) is 4.74. The first-order valence-electron chi connectivity index (χ1n) is 7.88. The van der Waals surface area contributed by atoms with Gasteiger partial charge in [-0.1, -0.05) is 18.8 Å². The Hall–Kier alpha value is -1.51. The van der Waals surface area contributed by atoms with Gasteiger partial charge >= 0.3 is 6.18 Å². The fraction of sp³-hybridized carbons (Fsp3) is 0.556. The highest BCUT2D eigenvalue weighted by molar-refractivity contribution is 5.37. The molecule has 5 heteroatoms. The van der Waals surface area contributed by atoms with Crippen LogP contribution < -0.4 is 0 Å². The first-order chi connectivity index (χ1) is 10.9. The van der Waals surface area contributed by atoms with Gasteiger partial charge in [-0.25, -0.2) is 0 Å². The predicted octanol–water partition coefficient (Wildman–Crippen LogP) is 3.54. The second kappa shape index (κ2) is 7.37. The van der Waals surface area contributed by atoms with Crippen LogP contribution in [0.1, 0.15) is 37.3 Å². The molecule has 1 aliphatic rings. The third kappa shape index (κ3) is 4.73. The van der Waals surface area contributed by atoms with Gasteiger partial charge in [-0.2, -0.15) is 13.2 Å². The number of likely N-dealkylation sites (tertiary alicyclic amines) is 1. The molecule has 0 radical (unpaired) electrons. The van der Waals surface area contributed by atoms with Crippen LogP contribution in [0.2, 0.25) is 0 Å². The van der Waals surface area contributed by atoms with Crippen LogP contribution in [-0.2, 0) is 6.18 Å². The monoisotopic (exact) mass is 325 g/mol. The minimum atomic E-state index is -4.31. The second-order valence-corrected chi connectivity index (χ2v) is 6.16. The van der Waals surface area contributed by atoms with Crippen LogP contribution in [0.5, 0.6) is 0 Å². The number of hydrogen-bond acceptors (Lipinski definition) is 2. The quantitative estimate of drug-likeness (QED) is 0.859. The van der Waals surface area contributed by atoms with Crippen LogP contribution in [0, 0.1) is 17.3 Å².